The summed E-state index contributed by atoms with van der Waals surface area (Å²) >= 11 is 0. The van der Waals surface area contributed by atoms with Crippen molar-refractivity contribution in [1.82, 2.24) is 0 Å². The Morgan fingerprint density at radius 3 is 1.77 bits per heavy atom. The average molecular weight is 363 g/mol. The Morgan fingerprint density at radius 1 is 0.923 bits per heavy atom. The van der Waals surface area contributed by atoms with Gasteiger partial charge in [-0.2, -0.15) is 0 Å². The summed E-state index contributed by atoms with van der Waals surface area (Å²) in [5.41, 5.74) is 3.73. The molecule has 0 saturated heterocycles. The summed E-state index contributed by atoms with van der Waals surface area (Å²) in [5.74, 6) is 0.398. The monoisotopic (exact) mass is 362 g/mol. The van der Waals surface area contributed by atoms with Crippen LogP contribution in [-0.2, 0) is 9.59 Å². The van der Waals surface area contributed by atoms with E-state index in [0.29, 0.717) is 22.5 Å². The van der Waals surface area contributed by atoms with E-state index in [1.165, 1.54) is 38.5 Å². The number of ketones is 1. The summed E-state index contributed by atoms with van der Waals surface area (Å²) < 4.78 is 0. The molecule has 0 aromatic carbocycles. The third-order valence-electron chi connectivity index (χ3n) is 6.89. The zero-order valence-electron chi connectivity index (χ0n) is 17.7. The van der Waals surface area contributed by atoms with Crippen molar-refractivity contribution in [1.29, 1.82) is 0 Å². The molecule has 0 aliphatic heterocycles. The van der Waals surface area contributed by atoms with E-state index in [2.05, 4.69) is 34.6 Å². The molecule has 0 unspecified atom stereocenters. The lowest BCUT2D eigenvalue weighted by Crippen LogP contribution is -2.31. The van der Waals surface area contributed by atoms with Crippen LogP contribution in [0.3, 0.4) is 0 Å². The minimum atomic E-state index is -0.833. The first-order valence-corrected chi connectivity index (χ1v) is 10.3. The van der Waals surface area contributed by atoms with Crippen LogP contribution in [0.2, 0.25) is 0 Å². The zero-order chi connectivity index (χ0) is 19.8. The third-order valence-corrected chi connectivity index (χ3v) is 6.89. The third kappa shape index (κ3) is 4.58. The molecule has 0 aromatic heterocycles. The van der Waals surface area contributed by atoms with Crippen LogP contribution in [-0.4, -0.2) is 16.9 Å². The minimum absolute atomic E-state index is 0.100. The van der Waals surface area contributed by atoms with Gasteiger partial charge in [-0.05, 0) is 36.0 Å². The molecule has 148 valence electrons. The van der Waals surface area contributed by atoms with E-state index < -0.39 is 5.97 Å². The van der Waals surface area contributed by atoms with Gasteiger partial charge in [0, 0.05) is 18.8 Å². The van der Waals surface area contributed by atoms with E-state index in [1.54, 1.807) is 11.1 Å². The molecule has 1 N–H and O–H groups in total. The van der Waals surface area contributed by atoms with Gasteiger partial charge in [0.05, 0.1) is 0 Å². The standard InChI is InChI=1S/C21H34O.C2H4O2/c1-19(2)14-20(3,4)17-13-21(5,12-16(17)19)18(22)11-15-9-7-6-8-10-15;1-2(3)4/h15H,6-14H2,1-5H3;1H3,(H,3,4). The Morgan fingerprint density at radius 2 is 1.35 bits per heavy atom. The Hall–Kier alpha value is -1.12. The van der Waals surface area contributed by atoms with Gasteiger partial charge in [-0.3, -0.25) is 9.59 Å². The molecule has 0 heterocycles. The molecule has 3 heteroatoms. The minimum Gasteiger partial charge on any atom is -0.481 e. The Bertz CT molecular complexity index is 559. The normalized spacial score (nSPS) is 26.1. The second-order valence-corrected chi connectivity index (χ2v) is 10.5. The lowest BCUT2D eigenvalue weighted by atomic mass is 9.69. The number of Topliss-reactive ketones (excluding diaryl/α,β-unsaturated/α-hetero) is 1. The summed E-state index contributed by atoms with van der Waals surface area (Å²) in [6.07, 6.45) is 10.8. The van der Waals surface area contributed by atoms with Gasteiger partial charge in [0.15, 0.2) is 0 Å². The first-order valence-electron chi connectivity index (χ1n) is 10.3. The van der Waals surface area contributed by atoms with Crippen molar-refractivity contribution in [3.8, 4) is 0 Å². The van der Waals surface area contributed by atoms with Gasteiger partial charge >= 0.3 is 0 Å². The number of hydrogen-bond acceptors (Lipinski definition) is 2. The molecule has 0 atom stereocenters. The molecule has 0 spiro atoms. The maximum Gasteiger partial charge on any atom is 0.300 e. The van der Waals surface area contributed by atoms with E-state index in [0.717, 1.165) is 26.2 Å². The predicted octanol–water partition coefficient (Wildman–Crippen LogP) is 6.17. The number of carbonyl (C=O) groups is 2. The Kier molecular flexibility index (Phi) is 6.09. The first kappa shape index (κ1) is 21.2. The second-order valence-electron chi connectivity index (χ2n) is 10.5. The van der Waals surface area contributed by atoms with Crippen molar-refractivity contribution in [2.45, 2.75) is 99.3 Å². The largest absolute Gasteiger partial charge is 0.481 e. The van der Waals surface area contributed by atoms with Gasteiger partial charge in [0.2, 0.25) is 0 Å². The van der Waals surface area contributed by atoms with Crippen molar-refractivity contribution in [3.63, 3.8) is 0 Å². The van der Waals surface area contributed by atoms with Gasteiger partial charge in [0.1, 0.15) is 5.78 Å². The topological polar surface area (TPSA) is 54.4 Å². The zero-order valence-corrected chi connectivity index (χ0v) is 17.7. The van der Waals surface area contributed by atoms with Gasteiger partial charge in [-0.15, -0.1) is 0 Å². The van der Waals surface area contributed by atoms with Crippen LogP contribution in [0, 0.1) is 22.2 Å². The molecule has 3 nitrogen and oxygen atoms in total. The molecule has 1 saturated carbocycles. The Labute approximate surface area is 159 Å². The van der Waals surface area contributed by atoms with Gasteiger partial charge in [-0.1, -0.05) is 77.9 Å². The summed E-state index contributed by atoms with van der Waals surface area (Å²) in [6.45, 7) is 12.9. The fraction of sp³-hybridized carbons (Fsp3) is 0.826. The molecule has 1 fully saturated rings. The van der Waals surface area contributed by atoms with Gasteiger partial charge in [-0.25, -0.2) is 0 Å². The number of carboxylic acids is 1. The summed E-state index contributed by atoms with van der Waals surface area (Å²) in [5, 5.41) is 7.42. The molecular weight excluding hydrogens is 324 g/mol. The van der Waals surface area contributed by atoms with Crippen LogP contribution in [0.4, 0.5) is 0 Å². The van der Waals surface area contributed by atoms with Gasteiger partial charge in [0.25, 0.3) is 5.97 Å². The fourth-order valence-corrected chi connectivity index (χ4v) is 5.77. The lowest BCUT2D eigenvalue weighted by molar-refractivity contribution is -0.134. The molecule has 0 bridgehead atoms. The lowest BCUT2D eigenvalue weighted by Gasteiger charge is -2.34. The van der Waals surface area contributed by atoms with Crippen molar-refractivity contribution in [2.24, 2.45) is 22.2 Å². The SMILES string of the molecule is CC(=O)O.CC1(C)CC(C)(C)C2=C1CC(C)(C(=O)CC1CCCCC1)C2. The molecule has 3 aliphatic carbocycles. The molecule has 0 radical (unpaired) electrons. The first-order chi connectivity index (χ1) is 11.9. The van der Waals surface area contributed by atoms with E-state index in [4.69, 9.17) is 9.90 Å². The van der Waals surface area contributed by atoms with Crippen molar-refractivity contribution < 1.29 is 14.7 Å². The van der Waals surface area contributed by atoms with E-state index in [1.807, 2.05) is 0 Å². The molecule has 26 heavy (non-hydrogen) atoms. The summed E-state index contributed by atoms with van der Waals surface area (Å²) in [4.78, 5) is 22.1. The van der Waals surface area contributed by atoms with Crippen LogP contribution in [0.5, 0.6) is 0 Å². The number of hydrogen-bond donors (Lipinski definition) is 1. The number of aliphatic carboxylic acids is 1. The van der Waals surface area contributed by atoms with E-state index >= 15 is 0 Å². The molecule has 0 amide bonds. The maximum atomic E-state index is 13.1. The van der Waals surface area contributed by atoms with Crippen LogP contribution >= 0.6 is 0 Å². The molecular formula is C23H38O3. The highest BCUT2D eigenvalue weighted by atomic mass is 16.4. The average Bonchev–Trinajstić information content (AvgIpc) is 2.94. The summed E-state index contributed by atoms with van der Waals surface area (Å²) in [6, 6.07) is 0. The van der Waals surface area contributed by atoms with E-state index in [9.17, 15) is 4.79 Å². The van der Waals surface area contributed by atoms with Crippen LogP contribution in [0.25, 0.3) is 0 Å². The van der Waals surface area contributed by atoms with Crippen LogP contribution in [0.1, 0.15) is 99.3 Å². The second kappa shape index (κ2) is 7.48. The number of allylic oxidation sites excluding steroid dienone is 2. The van der Waals surface area contributed by atoms with Crippen molar-refractivity contribution in [3.05, 3.63) is 11.1 Å². The number of carboxylic acid groups (broad SMARTS) is 1. The number of carbonyl (C=O) groups excluding carboxylic acids is 1. The van der Waals surface area contributed by atoms with Gasteiger partial charge < -0.3 is 5.11 Å². The predicted molar refractivity (Wildman–Crippen MR) is 106 cm³/mol. The summed E-state index contributed by atoms with van der Waals surface area (Å²) in [7, 11) is 0. The Balaban J connectivity index is 0.000000552. The highest BCUT2D eigenvalue weighted by Gasteiger charge is 2.53. The molecule has 0 aromatic rings. The fourth-order valence-electron chi connectivity index (χ4n) is 5.77. The van der Waals surface area contributed by atoms with Crippen LogP contribution < -0.4 is 0 Å². The van der Waals surface area contributed by atoms with Crippen molar-refractivity contribution in [2.75, 3.05) is 0 Å². The molecule has 3 aliphatic rings. The smallest absolute Gasteiger partial charge is 0.300 e. The quantitative estimate of drug-likeness (QED) is 0.611. The van der Waals surface area contributed by atoms with E-state index in [-0.39, 0.29) is 5.41 Å². The van der Waals surface area contributed by atoms with Crippen LogP contribution in [0.15, 0.2) is 11.1 Å². The van der Waals surface area contributed by atoms with Crippen molar-refractivity contribution >= 4 is 11.8 Å². The number of rotatable bonds is 3. The highest BCUT2D eigenvalue weighted by Crippen LogP contribution is 2.63. The molecule has 3 rings (SSSR count). The highest BCUT2D eigenvalue weighted by molar-refractivity contribution is 5.86. The maximum absolute atomic E-state index is 13.1.